The van der Waals surface area contributed by atoms with E-state index in [1.807, 2.05) is 7.05 Å². The Labute approximate surface area is 110 Å². The summed E-state index contributed by atoms with van der Waals surface area (Å²) >= 11 is 5.96. The Hall–Kier alpha value is -1.78. The van der Waals surface area contributed by atoms with Crippen LogP contribution in [0.2, 0.25) is 5.02 Å². The van der Waals surface area contributed by atoms with E-state index < -0.39 is 0 Å². The molecular formula is C13H13ClN2O2. The molecule has 2 aromatic rings. The van der Waals surface area contributed by atoms with Crippen molar-refractivity contribution in [1.82, 2.24) is 5.32 Å². The van der Waals surface area contributed by atoms with Gasteiger partial charge in [-0.3, -0.25) is 4.79 Å². The van der Waals surface area contributed by atoms with Gasteiger partial charge in [-0.05, 0) is 31.3 Å². The van der Waals surface area contributed by atoms with E-state index in [9.17, 15) is 4.79 Å². The predicted octanol–water partition coefficient (Wildman–Crippen LogP) is 2.90. The van der Waals surface area contributed by atoms with Crippen molar-refractivity contribution >= 4 is 23.2 Å². The zero-order valence-corrected chi connectivity index (χ0v) is 10.6. The molecule has 1 aromatic carbocycles. The van der Waals surface area contributed by atoms with Crippen LogP contribution in [0.25, 0.3) is 0 Å². The maximum Gasteiger partial charge on any atom is 0.291 e. The minimum absolute atomic E-state index is 0.264. The van der Waals surface area contributed by atoms with Gasteiger partial charge in [0.15, 0.2) is 5.76 Å². The Morgan fingerprint density at radius 3 is 2.78 bits per heavy atom. The van der Waals surface area contributed by atoms with Crippen molar-refractivity contribution in [3.05, 3.63) is 52.9 Å². The Morgan fingerprint density at radius 2 is 2.06 bits per heavy atom. The number of benzene rings is 1. The fourth-order valence-electron chi connectivity index (χ4n) is 1.52. The first kappa shape index (κ1) is 12.7. The summed E-state index contributed by atoms with van der Waals surface area (Å²) in [6.07, 6.45) is 0. The van der Waals surface area contributed by atoms with Crippen LogP contribution >= 0.6 is 11.6 Å². The monoisotopic (exact) mass is 264 g/mol. The van der Waals surface area contributed by atoms with Gasteiger partial charge in [-0.2, -0.15) is 0 Å². The number of para-hydroxylation sites is 1. The summed E-state index contributed by atoms with van der Waals surface area (Å²) in [5.41, 5.74) is 0.565. The molecule has 1 aromatic heterocycles. The second kappa shape index (κ2) is 5.71. The third kappa shape index (κ3) is 2.91. The van der Waals surface area contributed by atoms with Crippen molar-refractivity contribution in [3.8, 4) is 0 Å². The summed E-state index contributed by atoms with van der Waals surface area (Å²) in [7, 11) is 1.81. The molecule has 2 rings (SSSR count). The van der Waals surface area contributed by atoms with E-state index >= 15 is 0 Å². The van der Waals surface area contributed by atoms with Gasteiger partial charge in [-0.25, -0.2) is 0 Å². The number of hydrogen-bond donors (Lipinski definition) is 2. The quantitative estimate of drug-likeness (QED) is 0.893. The van der Waals surface area contributed by atoms with Crippen molar-refractivity contribution in [2.24, 2.45) is 0 Å². The summed E-state index contributed by atoms with van der Waals surface area (Å²) in [4.78, 5) is 11.9. The molecule has 18 heavy (non-hydrogen) atoms. The lowest BCUT2D eigenvalue weighted by molar-refractivity contribution is 0.0995. The van der Waals surface area contributed by atoms with Gasteiger partial charge in [0.1, 0.15) is 5.76 Å². The topological polar surface area (TPSA) is 54.3 Å². The SMILES string of the molecule is CNCc1ccc(C(=O)Nc2ccccc2Cl)o1. The lowest BCUT2D eigenvalue weighted by Gasteiger charge is -2.04. The van der Waals surface area contributed by atoms with Gasteiger partial charge in [-0.15, -0.1) is 0 Å². The van der Waals surface area contributed by atoms with Gasteiger partial charge in [0.25, 0.3) is 5.91 Å². The number of amides is 1. The van der Waals surface area contributed by atoms with Crippen LogP contribution in [0.5, 0.6) is 0 Å². The van der Waals surface area contributed by atoms with E-state index in [2.05, 4.69) is 10.6 Å². The zero-order chi connectivity index (χ0) is 13.0. The molecule has 1 heterocycles. The molecule has 0 atom stereocenters. The number of hydrogen-bond acceptors (Lipinski definition) is 3. The van der Waals surface area contributed by atoms with Crippen LogP contribution in [0.3, 0.4) is 0 Å². The van der Waals surface area contributed by atoms with Crippen molar-refractivity contribution in [2.45, 2.75) is 6.54 Å². The summed E-state index contributed by atoms with van der Waals surface area (Å²) in [5.74, 6) is 0.660. The summed E-state index contributed by atoms with van der Waals surface area (Å²) in [6.45, 7) is 0.583. The highest BCUT2D eigenvalue weighted by Gasteiger charge is 2.12. The average molecular weight is 265 g/mol. The largest absolute Gasteiger partial charge is 0.455 e. The zero-order valence-electron chi connectivity index (χ0n) is 9.87. The van der Waals surface area contributed by atoms with E-state index in [4.69, 9.17) is 16.0 Å². The molecule has 0 bridgehead atoms. The number of carbonyl (C=O) groups excluding carboxylic acids is 1. The number of anilines is 1. The molecule has 0 fully saturated rings. The van der Waals surface area contributed by atoms with Gasteiger partial charge >= 0.3 is 0 Å². The first-order valence-electron chi connectivity index (χ1n) is 5.50. The molecule has 5 heteroatoms. The minimum Gasteiger partial charge on any atom is -0.455 e. The van der Waals surface area contributed by atoms with Gasteiger partial charge in [0, 0.05) is 0 Å². The molecule has 0 spiro atoms. The summed E-state index contributed by atoms with van der Waals surface area (Å²) in [6, 6.07) is 10.5. The Morgan fingerprint density at radius 1 is 1.28 bits per heavy atom. The predicted molar refractivity (Wildman–Crippen MR) is 70.9 cm³/mol. The third-order valence-corrected chi connectivity index (χ3v) is 2.69. The van der Waals surface area contributed by atoms with Crippen molar-refractivity contribution in [3.63, 3.8) is 0 Å². The first-order chi connectivity index (χ1) is 8.70. The highest BCUT2D eigenvalue weighted by atomic mass is 35.5. The normalized spacial score (nSPS) is 10.3. The number of halogens is 1. The van der Waals surface area contributed by atoms with E-state index in [0.717, 1.165) is 0 Å². The summed E-state index contributed by atoms with van der Waals surface area (Å²) < 4.78 is 5.38. The lowest BCUT2D eigenvalue weighted by atomic mass is 10.3. The number of carbonyl (C=O) groups is 1. The highest BCUT2D eigenvalue weighted by molar-refractivity contribution is 6.33. The van der Waals surface area contributed by atoms with E-state index in [0.29, 0.717) is 23.0 Å². The smallest absolute Gasteiger partial charge is 0.291 e. The summed E-state index contributed by atoms with van der Waals surface area (Å²) in [5, 5.41) is 6.14. The molecule has 0 aliphatic carbocycles. The fourth-order valence-corrected chi connectivity index (χ4v) is 1.70. The molecule has 4 nitrogen and oxygen atoms in total. The third-order valence-electron chi connectivity index (χ3n) is 2.36. The molecule has 0 saturated heterocycles. The van der Waals surface area contributed by atoms with E-state index in [1.165, 1.54) is 0 Å². The van der Waals surface area contributed by atoms with Crippen LogP contribution in [0.15, 0.2) is 40.8 Å². The Bertz CT molecular complexity index is 551. The van der Waals surface area contributed by atoms with Crippen molar-refractivity contribution < 1.29 is 9.21 Å². The number of furan rings is 1. The van der Waals surface area contributed by atoms with Gasteiger partial charge in [-0.1, -0.05) is 23.7 Å². The second-order valence-electron chi connectivity index (χ2n) is 3.73. The van der Waals surface area contributed by atoms with Crippen LogP contribution in [0, 0.1) is 0 Å². The van der Waals surface area contributed by atoms with E-state index in [1.54, 1.807) is 36.4 Å². The van der Waals surface area contributed by atoms with Crippen LogP contribution in [-0.2, 0) is 6.54 Å². The van der Waals surface area contributed by atoms with Gasteiger partial charge < -0.3 is 15.1 Å². The lowest BCUT2D eigenvalue weighted by Crippen LogP contribution is -2.11. The minimum atomic E-state index is -0.314. The molecule has 94 valence electrons. The maximum atomic E-state index is 11.9. The molecule has 0 aliphatic rings. The van der Waals surface area contributed by atoms with Crippen molar-refractivity contribution in [1.29, 1.82) is 0 Å². The molecular weight excluding hydrogens is 252 g/mol. The molecule has 2 N–H and O–H groups in total. The Kier molecular flexibility index (Phi) is 4.02. The average Bonchev–Trinajstić information content (AvgIpc) is 2.81. The van der Waals surface area contributed by atoms with Crippen LogP contribution in [0.1, 0.15) is 16.3 Å². The molecule has 0 aliphatic heterocycles. The maximum absolute atomic E-state index is 11.9. The van der Waals surface area contributed by atoms with Crippen molar-refractivity contribution in [2.75, 3.05) is 12.4 Å². The second-order valence-corrected chi connectivity index (χ2v) is 4.14. The molecule has 0 saturated carbocycles. The van der Waals surface area contributed by atoms with Gasteiger partial charge in [0.05, 0.1) is 17.3 Å². The standard InChI is InChI=1S/C13H13ClN2O2/c1-15-8-9-6-7-12(18-9)13(17)16-11-5-3-2-4-10(11)14/h2-7,15H,8H2,1H3,(H,16,17). The van der Waals surface area contributed by atoms with Crippen LogP contribution < -0.4 is 10.6 Å². The van der Waals surface area contributed by atoms with Crippen LogP contribution in [-0.4, -0.2) is 13.0 Å². The number of nitrogens with one attached hydrogen (secondary N) is 2. The first-order valence-corrected chi connectivity index (χ1v) is 5.87. The highest BCUT2D eigenvalue weighted by Crippen LogP contribution is 2.21. The molecule has 1 amide bonds. The number of rotatable bonds is 4. The van der Waals surface area contributed by atoms with Gasteiger partial charge in [0.2, 0.25) is 0 Å². The Balaban J connectivity index is 2.10. The molecule has 0 unspecified atom stereocenters. The molecule has 0 radical (unpaired) electrons. The van der Waals surface area contributed by atoms with Crippen LogP contribution in [0.4, 0.5) is 5.69 Å². The fraction of sp³-hybridized carbons (Fsp3) is 0.154. The van der Waals surface area contributed by atoms with E-state index in [-0.39, 0.29) is 11.7 Å².